The molecular formula is C10H13N5O. The number of nitrogens with one attached hydrogen (secondary N) is 1. The van der Waals surface area contributed by atoms with Crippen molar-refractivity contribution in [3.63, 3.8) is 0 Å². The molecule has 0 atom stereocenters. The fourth-order valence-electron chi connectivity index (χ4n) is 1.21. The standard InChI is InChI=1S/C10H13N5O/c1-3-15-7-8(6-13-15)16-9-4-5-12-10(11-2)14-9/h4-7H,3H2,1-2H3,(H,11,12,14). The summed E-state index contributed by atoms with van der Waals surface area (Å²) in [5, 5.41) is 6.95. The molecule has 0 aliphatic rings. The first-order valence-corrected chi connectivity index (χ1v) is 5.03. The lowest BCUT2D eigenvalue weighted by Gasteiger charge is -2.02. The van der Waals surface area contributed by atoms with Gasteiger partial charge in [0.15, 0.2) is 5.75 Å². The molecule has 2 rings (SSSR count). The van der Waals surface area contributed by atoms with Gasteiger partial charge in [0.05, 0.1) is 12.4 Å². The van der Waals surface area contributed by atoms with E-state index in [1.807, 2.05) is 13.1 Å². The largest absolute Gasteiger partial charge is 0.436 e. The molecule has 0 unspecified atom stereocenters. The van der Waals surface area contributed by atoms with Crippen LogP contribution in [0.4, 0.5) is 5.95 Å². The first kappa shape index (κ1) is 10.4. The van der Waals surface area contributed by atoms with E-state index >= 15 is 0 Å². The number of anilines is 1. The normalized spacial score (nSPS) is 10.1. The van der Waals surface area contributed by atoms with Gasteiger partial charge in [0.2, 0.25) is 11.8 Å². The molecule has 6 heteroatoms. The van der Waals surface area contributed by atoms with E-state index in [-0.39, 0.29) is 0 Å². The van der Waals surface area contributed by atoms with Gasteiger partial charge in [-0.15, -0.1) is 0 Å². The Labute approximate surface area is 93.3 Å². The van der Waals surface area contributed by atoms with Crippen LogP contribution in [-0.4, -0.2) is 26.8 Å². The van der Waals surface area contributed by atoms with Gasteiger partial charge in [0.1, 0.15) is 0 Å². The minimum atomic E-state index is 0.495. The molecule has 84 valence electrons. The third-order valence-corrected chi connectivity index (χ3v) is 2.01. The molecule has 2 aromatic rings. The van der Waals surface area contributed by atoms with E-state index in [9.17, 15) is 0 Å². The lowest BCUT2D eigenvalue weighted by atomic mass is 10.6. The van der Waals surface area contributed by atoms with Crippen molar-refractivity contribution in [2.24, 2.45) is 0 Å². The monoisotopic (exact) mass is 219 g/mol. The van der Waals surface area contributed by atoms with E-state index in [2.05, 4.69) is 20.4 Å². The minimum Gasteiger partial charge on any atom is -0.436 e. The summed E-state index contributed by atoms with van der Waals surface area (Å²) in [5.41, 5.74) is 0. The fraction of sp³-hybridized carbons (Fsp3) is 0.300. The van der Waals surface area contributed by atoms with E-state index < -0.39 is 0 Å². The van der Waals surface area contributed by atoms with Gasteiger partial charge in [0.25, 0.3) is 0 Å². The predicted molar refractivity (Wildman–Crippen MR) is 59.6 cm³/mol. The molecule has 0 spiro atoms. The molecule has 0 saturated carbocycles. The van der Waals surface area contributed by atoms with Crippen LogP contribution >= 0.6 is 0 Å². The van der Waals surface area contributed by atoms with Gasteiger partial charge in [0, 0.05) is 25.9 Å². The summed E-state index contributed by atoms with van der Waals surface area (Å²) in [6.07, 6.45) is 5.12. The van der Waals surface area contributed by atoms with Crippen molar-refractivity contribution in [1.82, 2.24) is 19.7 Å². The Morgan fingerprint density at radius 2 is 2.38 bits per heavy atom. The van der Waals surface area contributed by atoms with Gasteiger partial charge < -0.3 is 10.1 Å². The van der Waals surface area contributed by atoms with Gasteiger partial charge in [-0.3, -0.25) is 4.68 Å². The Hall–Kier alpha value is -2.11. The highest BCUT2D eigenvalue weighted by atomic mass is 16.5. The summed E-state index contributed by atoms with van der Waals surface area (Å²) < 4.78 is 7.32. The number of hydrogen-bond acceptors (Lipinski definition) is 5. The summed E-state index contributed by atoms with van der Waals surface area (Å²) in [4.78, 5) is 8.14. The second kappa shape index (κ2) is 4.61. The van der Waals surface area contributed by atoms with Crippen LogP contribution in [0.1, 0.15) is 6.92 Å². The van der Waals surface area contributed by atoms with Gasteiger partial charge in [-0.1, -0.05) is 0 Å². The number of rotatable bonds is 4. The molecule has 2 aromatic heterocycles. The van der Waals surface area contributed by atoms with Crippen molar-refractivity contribution in [1.29, 1.82) is 0 Å². The van der Waals surface area contributed by atoms with Crippen LogP contribution in [0.5, 0.6) is 11.6 Å². The van der Waals surface area contributed by atoms with Gasteiger partial charge >= 0.3 is 0 Å². The number of aryl methyl sites for hydroxylation is 1. The molecule has 0 saturated heterocycles. The second-order valence-electron chi connectivity index (χ2n) is 3.10. The van der Waals surface area contributed by atoms with Crippen LogP contribution in [-0.2, 0) is 6.54 Å². The number of nitrogens with zero attached hydrogens (tertiary/aromatic N) is 4. The Morgan fingerprint density at radius 3 is 3.06 bits per heavy atom. The average molecular weight is 219 g/mol. The number of aromatic nitrogens is 4. The van der Waals surface area contributed by atoms with E-state index in [1.165, 1.54) is 0 Å². The van der Waals surface area contributed by atoms with E-state index in [0.29, 0.717) is 17.6 Å². The van der Waals surface area contributed by atoms with Crippen molar-refractivity contribution in [3.05, 3.63) is 24.7 Å². The smallest absolute Gasteiger partial charge is 0.225 e. The molecule has 0 radical (unpaired) electrons. The second-order valence-corrected chi connectivity index (χ2v) is 3.10. The van der Waals surface area contributed by atoms with Gasteiger partial charge in [-0.25, -0.2) is 4.98 Å². The van der Waals surface area contributed by atoms with Crippen LogP contribution in [0.15, 0.2) is 24.7 Å². The summed E-state index contributed by atoms with van der Waals surface area (Å²) in [5.74, 6) is 1.69. The van der Waals surface area contributed by atoms with Crippen molar-refractivity contribution in [3.8, 4) is 11.6 Å². The van der Waals surface area contributed by atoms with E-state index in [0.717, 1.165) is 6.54 Å². The lowest BCUT2D eigenvalue weighted by Crippen LogP contribution is -1.97. The fourth-order valence-corrected chi connectivity index (χ4v) is 1.21. The van der Waals surface area contributed by atoms with Crippen molar-refractivity contribution in [2.75, 3.05) is 12.4 Å². The van der Waals surface area contributed by atoms with E-state index in [1.54, 1.807) is 30.2 Å². The van der Waals surface area contributed by atoms with Gasteiger partial charge in [-0.05, 0) is 6.92 Å². The Kier molecular flexibility index (Phi) is 3.00. The number of ether oxygens (including phenoxy) is 1. The van der Waals surface area contributed by atoms with Gasteiger partial charge in [-0.2, -0.15) is 10.1 Å². The van der Waals surface area contributed by atoms with Crippen LogP contribution < -0.4 is 10.1 Å². The highest BCUT2D eigenvalue weighted by Gasteiger charge is 2.02. The summed E-state index contributed by atoms with van der Waals surface area (Å²) >= 11 is 0. The van der Waals surface area contributed by atoms with Crippen LogP contribution in [0, 0.1) is 0 Å². The molecule has 6 nitrogen and oxygen atoms in total. The summed E-state index contributed by atoms with van der Waals surface area (Å²) in [7, 11) is 1.76. The Balaban J connectivity index is 2.13. The lowest BCUT2D eigenvalue weighted by molar-refractivity contribution is 0.461. The zero-order chi connectivity index (χ0) is 11.4. The SMILES string of the molecule is CCn1cc(Oc2ccnc(NC)n2)cn1. The molecule has 0 fully saturated rings. The minimum absolute atomic E-state index is 0.495. The molecule has 0 aliphatic carbocycles. The molecule has 0 aromatic carbocycles. The van der Waals surface area contributed by atoms with Crippen molar-refractivity contribution < 1.29 is 4.74 Å². The Morgan fingerprint density at radius 1 is 1.50 bits per heavy atom. The summed E-state index contributed by atoms with van der Waals surface area (Å²) in [6.45, 7) is 2.83. The third kappa shape index (κ3) is 2.28. The molecule has 0 amide bonds. The molecular weight excluding hydrogens is 206 g/mol. The Bertz CT molecular complexity index is 468. The molecule has 2 heterocycles. The topological polar surface area (TPSA) is 64.9 Å². The highest BCUT2D eigenvalue weighted by Crippen LogP contribution is 2.18. The average Bonchev–Trinajstić information content (AvgIpc) is 2.77. The maximum atomic E-state index is 5.53. The highest BCUT2D eigenvalue weighted by molar-refractivity contribution is 5.28. The van der Waals surface area contributed by atoms with Crippen molar-refractivity contribution in [2.45, 2.75) is 13.5 Å². The van der Waals surface area contributed by atoms with Crippen molar-refractivity contribution >= 4 is 5.95 Å². The quantitative estimate of drug-likeness (QED) is 0.844. The van der Waals surface area contributed by atoms with Crippen LogP contribution in [0.2, 0.25) is 0 Å². The number of hydrogen-bond donors (Lipinski definition) is 1. The maximum Gasteiger partial charge on any atom is 0.225 e. The zero-order valence-electron chi connectivity index (χ0n) is 9.21. The predicted octanol–water partition coefficient (Wildman–Crippen LogP) is 1.53. The zero-order valence-corrected chi connectivity index (χ0v) is 9.21. The molecule has 0 aliphatic heterocycles. The molecule has 16 heavy (non-hydrogen) atoms. The molecule has 1 N–H and O–H groups in total. The van der Waals surface area contributed by atoms with Crippen LogP contribution in [0.3, 0.4) is 0 Å². The van der Waals surface area contributed by atoms with E-state index in [4.69, 9.17) is 4.74 Å². The maximum absolute atomic E-state index is 5.53. The first-order chi connectivity index (χ1) is 7.81. The third-order valence-electron chi connectivity index (χ3n) is 2.01. The summed E-state index contributed by atoms with van der Waals surface area (Å²) in [6, 6.07) is 1.70. The molecule has 0 bridgehead atoms. The van der Waals surface area contributed by atoms with Crippen LogP contribution in [0.25, 0.3) is 0 Å². The first-order valence-electron chi connectivity index (χ1n) is 5.03.